The molecule has 0 aliphatic heterocycles. The molecule has 0 aliphatic carbocycles. The fraction of sp³-hybridized carbons (Fsp3) is 0.190. The van der Waals surface area contributed by atoms with E-state index in [-0.39, 0.29) is 24.8 Å². The van der Waals surface area contributed by atoms with Crippen molar-refractivity contribution in [1.82, 2.24) is 10.3 Å². The van der Waals surface area contributed by atoms with Crippen LogP contribution < -0.4 is 20.1 Å². The zero-order chi connectivity index (χ0) is 21.5. The summed E-state index contributed by atoms with van der Waals surface area (Å²) in [7, 11) is 3.05. The molecule has 3 rings (SSSR count). The van der Waals surface area contributed by atoms with Crippen LogP contribution >= 0.6 is 22.9 Å². The highest BCUT2D eigenvalue weighted by Gasteiger charge is 2.13. The molecule has 0 saturated carbocycles. The minimum atomic E-state index is -0.298. The first-order valence-electron chi connectivity index (χ1n) is 9.02. The Kier molecular flexibility index (Phi) is 7.26. The van der Waals surface area contributed by atoms with E-state index in [9.17, 15) is 9.59 Å². The second-order valence-corrected chi connectivity index (χ2v) is 7.41. The van der Waals surface area contributed by atoms with Crippen molar-refractivity contribution in [3.05, 3.63) is 58.4 Å². The van der Waals surface area contributed by atoms with Crippen LogP contribution in [0.4, 0.5) is 5.13 Å². The number of thiazole rings is 1. The quantitative estimate of drug-likeness (QED) is 0.541. The molecule has 156 valence electrons. The molecular formula is C21H20ClN3O4S. The Morgan fingerprint density at radius 3 is 2.60 bits per heavy atom. The van der Waals surface area contributed by atoms with Crippen LogP contribution in [0.15, 0.2) is 47.8 Å². The van der Waals surface area contributed by atoms with Crippen molar-refractivity contribution in [3.63, 3.8) is 0 Å². The molecule has 0 atom stereocenters. The van der Waals surface area contributed by atoms with Gasteiger partial charge in [0.1, 0.15) is 11.5 Å². The lowest BCUT2D eigenvalue weighted by Crippen LogP contribution is -2.28. The summed E-state index contributed by atoms with van der Waals surface area (Å²) in [5.74, 6) is 0.518. The molecule has 7 nitrogen and oxygen atoms in total. The van der Waals surface area contributed by atoms with Crippen molar-refractivity contribution in [1.29, 1.82) is 0 Å². The highest BCUT2D eigenvalue weighted by Crippen LogP contribution is 2.31. The van der Waals surface area contributed by atoms with Gasteiger partial charge in [0.15, 0.2) is 5.13 Å². The number of rotatable bonds is 8. The van der Waals surface area contributed by atoms with E-state index in [0.29, 0.717) is 32.9 Å². The second-order valence-electron chi connectivity index (χ2n) is 6.14. The molecular weight excluding hydrogens is 426 g/mol. The molecule has 0 bridgehead atoms. The van der Waals surface area contributed by atoms with Crippen LogP contribution in [0, 0.1) is 0 Å². The number of anilines is 1. The predicted octanol–water partition coefficient (Wildman–Crippen LogP) is 4.24. The van der Waals surface area contributed by atoms with Gasteiger partial charge in [0.25, 0.3) is 5.91 Å². The second kappa shape index (κ2) is 10.1. The van der Waals surface area contributed by atoms with E-state index < -0.39 is 0 Å². The van der Waals surface area contributed by atoms with E-state index in [1.165, 1.54) is 18.4 Å². The normalized spacial score (nSPS) is 10.4. The first-order chi connectivity index (χ1) is 14.5. The van der Waals surface area contributed by atoms with Gasteiger partial charge in [0, 0.05) is 23.9 Å². The van der Waals surface area contributed by atoms with Gasteiger partial charge < -0.3 is 20.1 Å². The van der Waals surface area contributed by atoms with Crippen LogP contribution in [-0.2, 0) is 4.79 Å². The lowest BCUT2D eigenvalue weighted by Gasteiger charge is -2.08. The van der Waals surface area contributed by atoms with Crippen LogP contribution in [0.3, 0.4) is 0 Å². The van der Waals surface area contributed by atoms with Crippen molar-refractivity contribution < 1.29 is 19.1 Å². The molecule has 0 fully saturated rings. The highest BCUT2D eigenvalue weighted by molar-refractivity contribution is 7.14. The predicted molar refractivity (Wildman–Crippen MR) is 118 cm³/mol. The zero-order valence-electron chi connectivity index (χ0n) is 16.4. The molecule has 9 heteroatoms. The monoisotopic (exact) mass is 445 g/mol. The average molecular weight is 446 g/mol. The van der Waals surface area contributed by atoms with Gasteiger partial charge in [-0.1, -0.05) is 23.7 Å². The first-order valence-corrected chi connectivity index (χ1v) is 10.3. The molecule has 2 aromatic carbocycles. The lowest BCUT2D eigenvalue weighted by atomic mass is 10.2. The topological polar surface area (TPSA) is 89.6 Å². The van der Waals surface area contributed by atoms with E-state index in [2.05, 4.69) is 15.6 Å². The summed E-state index contributed by atoms with van der Waals surface area (Å²) in [6.07, 6.45) is 0.115. The number of ether oxygens (including phenoxy) is 2. The standard InChI is InChI=1S/C21H20ClN3O4S/c1-28-17-6-4-3-5-14(17)20(27)23-10-9-19(26)25-21-24-16(12-30-21)13-7-8-18(29-2)15(22)11-13/h3-8,11-12H,9-10H2,1-2H3,(H,23,27)(H,24,25,26). The number of halogens is 1. The fourth-order valence-corrected chi connectivity index (χ4v) is 3.68. The molecule has 30 heavy (non-hydrogen) atoms. The van der Waals surface area contributed by atoms with Crippen molar-refractivity contribution >= 4 is 39.9 Å². The number of para-hydroxylation sites is 1. The Labute approximate surface area is 183 Å². The summed E-state index contributed by atoms with van der Waals surface area (Å²) in [5, 5.41) is 8.24. The van der Waals surface area contributed by atoms with Crippen LogP contribution in [0.2, 0.25) is 5.02 Å². The summed E-state index contributed by atoms with van der Waals surface area (Å²) < 4.78 is 10.3. The number of nitrogens with zero attached hydrogens (tertiary/aromatic N) is 1. The third kappa shape index (κ3) is 5.28. The van der Waals surface area contributed by atoms with Gasteiger partial charge in [0.05, 0.1) is 30.5 Å². The third-order valence-corrected chi connectivity index (χ3v) is 5.24. The molecule has 1 heterocycles. The SMILES string of the molecule is COc1ccc(-c2csc(NC(=O)CCNC(=O)c3ccccc3OC)n2)cc1Cl. The van der Waals surface area contributed by atoms with Crippen LogP contribution in [-0.4, -0.2) is 37.6 Å². The van der Waals surface area contributed by atoms with Gasteiger partial charge in [-0.15, -0.1) is 11.3 Å². The number of aromatic nitrogens is 1. The maximum absolute atomic E-state index is 12.2. The molecule has 2 N–H and O–H groups in total. The van der Waals surface area contributed by atoms with Crippen molar-refractivity contribution in [2.24, 2.45) is 0 Å². The van der Waals surface area contributed by atoms with Gasteiger partial charge in [-0.25, -0.2) is 4.98 Å². The maximum atomic E-state index is 12.2. The van der Waals surface area contributed by atoms with Crippen molar-refractivity contribution in [2.45, 2.75) is 6.42 Å². The number of hydrogen-bond acceptors (Lipinski definition) is 6. The first kappa shape index (κ1) is 21.6. The number of nitrogens with one attached hydrogen (secondary N) is 2. The number of carbonyl (C=O) groups is 2. The number of amides is 2. The summed E-state index contributed by atoms with van der Waals surface area (Å²) in [5.41, 5.74) is 1.94. The molecule has 0 spiro atoms. The van der Waals surface area contributed by atoms with Crippen LogP contribution in [0.5, 0.6) is 11.5 Å². The number of methoxy groups -OCH3 is 2. The molecule has 0 saturated heterocycles. The largest absolute Gasteiger partial charge is 0.496 e. The Hall–Kier alpha value is -3.10. The maximum Gasteiger partial charge on any atom is 0.255 e. The molecule has 3 aromatic rings. The summed E-state index contributed by atoms with van der Waals surface area (Å²) >= 11 is 7.46. The third-order valence-electron chi connectivity index (χ3n) is 4.19. The van der Waals surface area contributed by atoms with Gasteiger partial charge in [-0.3, -0.25) is 9.59 Å². The van der Waals surface area contributed by atoms with Gasteiger partial charge in [-0.05, 0) is 30.3 Å². The van der Waals surface area contributed by atoms with E-state index in [1.54, 1.807) is 43.5 Å². The zero-order valence-corrected chi connectivity index (χ0v) is 18.0. The molecule has 1 aromatic heterocycles. The Morgan fingerprint density at radius 1 is 1.10 bits per heavy atom. The van der Waals surface area contributed by atoms with Gasteiger partial charge in [0.2, 0.25) is 5.91 Å². The minimum absolute atomic E-state index is 0.115. The summed E-state index contributed by atoms with van der Waals surface area (Å²) in [6, 6.07) is 12.3. The minimum Gasteiger partial charge on any atom is -0.496 e. The van der Waals surface area contributed by atoms with Gasteiger partial charge >= 0.3 is 0 Å². The number of benzene rings is 2. The molecule has 0 radical (unpaired) electrons. The number of hydrogen-bond donors (Lipinski definition) is 2. The van der Waals surface area contributed by atoms with E-state index in [4.69, 9.17) is 21.1 Å². The lowest BCUT2D eigenvalue weighted by molar-refractivity contribution is -0.116. The summed E-state index contributed by atoms with van der Waals surface area (Å²) in [6.45, 7) is 0.190. The Bertz CT molecular complexity index is 1050. The van der Waals surface area contributed by atoms with Gasteiger partial charge in [-0.2, -0.15) is 0 Å². The van der Waals surface area contributed by atoms with E-state index in [1.807, 2.05) is 11.4 Å². The number of carbonyl (C=O) groups excluding carboxylic acids is 2. The van der Waals surface area contributed by atoms with E-state index >= 15 is 0 Å². The molecule has 2 amide bonds. The Morgan fingerprint density at radius 2 is 1.87 bits per heavy atom. The molecule has 0 unspecified atom stereocenters. The Balaban J connectivity index is 1.52. The van der Waals surface area contributed by atoms with Crippen molar-refractivity contribution in [2.75, 3.05) is 26.1 Å². The highest BCUT2D eigenvalue weighted by atomic mass is 35.5. The summed E-state index contributed by atoms with van der Waals surface area (Å²) in [4.78, 5) is 28.8. The van der Waals surface area contributed by atoms with Crippen molar-refractivity contribution in [3.8, 4) is 22.8 Å². The van der Waals surface area contributed by atoms with E-state index in [0.717, 1.165) is 5.56 Å². The smallest absolute Gasteiger partial charge is 0.255 e. The molecule has 0 aliphatic rings. The fourth-order valence-electron chi connectivity index (χ4n) is 2.69. The van der Waals surface area contributed by atoms with Crippen LogP contribution in [0.25, 0.3) is 11.3 Å². The average Bonchev–Trinajstić information content (AvgIpc) is 3.21. The van der Waals surface area contributed by atoms with Crippen LogP contribution in [0.1, 0.15) is 16.8 Å².